The number of ether oxygens (including phenoxy) is 1. The Morgan fingerprint density at radius 2 is 2.39 bits per heavy atom. The third kappa shape index (κ3) is 1.72. The summed E-state index contributed by atoms with van der Waals surface area (Å²) in [5.41, 5.74) is 6.18. The predicted molar refractivity (Wildman–Crippen MR) is 63.6 cm³/mol. The second-order valence-corrected chi connectivity index (χ2v) is 4.36. The van der Waals surface area contributed by atoms with Crippen molar-refractivity contribution in [3.05, 3.63) is 18.5 Å². The zero-order valence-electron chi connectivity index (χ0n) is 9.60. The second-order valence-electron chi connectivity index (χ2n) is 4.36. The third-order valence-corrected chi connectivity index (χ3v) is 3.12. The van der Waals surface area contributed by atoms with Gasteiger partial charge in [-0.25, -0.2) is 4.98 Å². The molecule has 3 atom stereocenters. The summed E-state index contributed by atoms with van der Waals surface area (Å²) in [6, 6.07) is 1.83. The van der Waals surface area contributed by atoms with Crippen LogP contribution in [0.4, 0.5) is 5.95 Å². The molecular formula is C11H14N4O3. The van der Waals surface area contributed by atoms with E-state index < -0.39 is 12.3 Å². The van der Waals surface area contributed by atoms with Crippen molar-refractivity contribution in [3.8, 4) is 0 Å². The number of aliphatic hydroxyl groups is 2. The lowest BCUT2D eigenvalue weighted by atomic mass is 10.2. The lowest BCUT2D eigenvalue weighted by molar-refractivity contribution is -0.0484. The summed E-state index contributed by atoms with van der Waals surface area (Å²) in [6.45, 7) is -0.107. The summed E-state index contributed by atoms with van der Waals surface area (Å²) in [4.78, 5) is 8.05. The zero-order chi connectivity index (χ0) is 12.7. The largest absolute Gasteiger partial charge is 0.394 e. The first kappa shape index (κ1) is 11.4. The molecule has 7 nitrogen and oxygen atoms in total. The van der Waals surface area contributed by atoms with Gasteiger partial charge in [-0.15, -0.1) is 0 Å². The van der Waals surface area contributed by atoms with Gasteiger partial charge in [0.15, 0.2) is 6.23 Å². The number of aliphatic hydroxyl groups excluding tert-OH is 2. The maximum absolute atomic E-state index is 9.96. The number of nitrogens with zero attached hydrogens (tertiary/aromatic N) is 3. The van der Waals surface area contributed by atoms with Gasteiger partial charge in [0.25, 0.3) is 0 Å². The van der Waals surface area contributed by atoms with Crippen LogP contribution in [0, 0.1) is 0 Å². The minimum absolute atomic E-state index is 0.107. The summed E-state index contributed by atoms with van der Waals surface area (Å²) in [7, 11) is 0. The molecule has 2 unspecified atom stereocenters. The standard InChI is InChI=1S/C11H14N4O3/c12-11-13-4-6-1-2-15(9(6)14-11)10-8(17)3-7(5-16)18-10/h1-2,4,7-8,10,16-17H,3,5H2,(H2,12,13,14)/t7?,8-,10?/m1/s1. The van der Waals surface area contributed by atoms with Crippen molar-refractivity contribution < 1.29 is 14.9 Å². The molecule has 18 heavy (non-hydrogen) atoms. The van der Waals surface area contributed by atoms with E-state index in [1.165, 1.54) is 0 Å². The molecule has 0 radical (unpaired) electrons. The van der Waals surface area contributed by atoms with E-state index in [-0.39, 0.29) is 18.7 Å². The molecule has 0 spiro atoms. The van der Waals surface area contributed by atoms with Gasteiger partial charge in [0.1, 0.15) is 11.8 Å². The summed E-state index contributed by atoms with van der Waals surface area (Å²) in [5, 5.41) is 19.9. The Morgan fingerprint density at radius 1 is 1.56 bits per heavy atom. The van der Waals surface area contributed by atoms with E-state index in [2.05, 4.69) is 9.97 Å². The van der Waals surface area contributed by atoms with Crippen molar-refractivity contribution in [2.45, 2.75) is 24.9 Å². The average Bonchev–Trinajstić information content (AvgIpc) is 2.92. The fraction of sp³-hybridized carbons (Fsp3) is 0.455. The van der Waals surface area contributed by atoms with E-state index in [4.69, 9.17) is 15.6 Å². The highest BCUT2D eigenvalue weighted by molar-refractivity contribution is 5.76. The van der Waals surface area contributed by atoms with Crippen molar-refractivity contribution >= 4 is 17.0 Å². The van der Waals surface area contributed by atoms with Crippen molar-refractivity contribution in [3.63, 3.8) is 0 Å². The normalized spacial score (nSPS) is 28.0. The molecule has 1 fully saturated rings. The Balaban J connectivity index is 2.01. The Bertz CT molecular complexity index is 570. The number of fused-ring (bicyclic) bond motifs is 1. The van der Waals surface area contributed by atoms with Crippen molar-refractivity contribution in [1.82, 2.24) is 14.5 Å². The van der Waals surface area contributed by atoms with Crippen molar-refractivity contribution in [2.75, 3.05) is 12.3 Å². The van der Waals surface area contributed by atoms with Gasteiger partial charge in [0.2, 0.25) is 5.95 Å². The fourth-order valence-electron chi connectivity index (χ4n) is 2.25. The Hall–Kier alpha value is -1.70. The van der Waals surface area contributed by atoms with Crippen LogP contribution in [0.2, 0.25) is 0 Å². The molecule has 1 aliphatic heterocycles. The van der Waals surface area contributed by atoms with E-state index in [9.17, 15) is 5.11 Å². The van der Waals surface area contributed by atoms with Crippen LogP contribution in [0.15, 0.2) is 18.5 Å². The predicted octanol–water partition coefficient (Wildman–Crippen LogP) is -0.346. The van der Waals surface area contributed by atoms with Gasteiger partial charge in [0.05, 0.1) is 12.7 Å². The smallest absolute Gasteiger partial charge is 0.221 e. The highest BCUT2D eigenvalue weighted by atomic mass is 16.5. The first-order chi connectivity index (χ1) is 8.69. The number of hydrogen-bond acceptors (Lipinski definition) is 6. The number of nitrogens with two attached hydrogens (primary N) is 1. The van der Waals surface area contributed by atoms with E-state index in [0.717, 1.165) is 5.39 Å². The SMILES string of the molecule is Nc1ncc2ccn(C3OC(CO)C[C@H]3O)c2n1. The van der Waals surface area contributed by atoms with Crippen molar-refractivity contribution in [2.24, 2.45) is 0 Å². The quantitative estimate of drug-likeness (QED) is 0.673. The van der Waals surface area contributed by atoms with E-state index >= 15 is 0 Å². The topological polar surface area (TPSA) is 106 Å². The molecule has 0 aliphatic carbocycles. The summed E-state index contributed by atoms with van der Waals surface area (Å²) >= 11 is 0. The molecule has 0 saturated carbocycles. The molecule has 4 N–H and O–H groups in total. The zero-order valence-corrected chi connectivity index (χ0v) is 9.60. The molecule has 0 bridgehead atoms. The van der Waals surface area contributed by atoms with Crippen LogP contribution in [0.5, 0.6) is 0 Å². The molecule has 0 amide bonds. The van der Waals surface area contributed by atoms with Crippen LogP contribution < -0.4 is 5.73 Å². The van der Waals surface area contributed by atoms with Gasteiger partial charge in [0, 0.05) is 24.2 Å². The average molecular weight is 250 g/mol. The van der Waals surface area contributed by atoms with Crippen LogP contribution >= 0.6 is 0 Å². The molecule has 3 rings (SSSR count). The van der Waals surface area contributed by atoms with Gasteiger partial charge in [-0.3, -0.25) is 0 Å². The van der Waals surface area contributed by atoms with Gasteiger partial charge < -0.3 is 25.3 Å². The monoisotopic (exact) mass is 250 g/mol. The molecule has 2 aromatic rings. The van der Waals surface area contributed by atoms with Crippen LogP contribution in [0.1, 0.15) is 12.6 Å². The van der Waals surface area contributed by atoms with Crippen LogP contribution in [0.3, 0.4) is 0 Å². The first-order valence-electron chi connectivity index (χ1n) is 5.72. The van der Waals surface area contributed by atoms with Crippen molar-refractivity contribution in [1.29, 1.82) is 0 Å². The van der Waals surface area contributed by atoms with Gasteiger partial charge in [-0.1, -0.05) is 0 Å². The molecule has 1 aliphatic rings. The molecule has 3 heterocycles. The first-order valence-corrected chi connectivity index (χ1v) is 5.72. The molecule has 0 aromatic carbocycles. The second kappa shape index (κ2) is 4.20. The van der Waals surface area contributed by atoms with Crippen LogP contribution in [-0.2, 0) is 4.74 Å². The van der Waals surface area contributed by atoms with Crippen LogP contribution in [-0.4, -0.2) is 43.6 Å². The summed E-state index contributed by atoms with van der Waals surface area (Å²) in [5.74, 6) is 0.175. The maximum Gasteiger partial charge on any atom is 0.221 e. The maximum atomic E-state index is 9.96. The van der Waals surface area contributed by atoms with E-state index in [1.807, 2.05) is 6.07 Å². The molecule has 1 saturated heterocycles. The number of rotatable bonds is 2. The number of anilines is 1. The highest BCUT2D eigenvalue weighted by Gasteiger charge is 2.35. The highest BCUT2D eigenvalue weighted by Crippen LogP contribution is 2.31. The summed E-state index contributed by atoms with van der Waals surface area (Å²) in [6.07, 6.45) is 2.23. The van der Waals surface area contributed by atoms with E-state index in [1.54, 1.807) is 17.0 Å². The molecule has 7 heteroatoms. The minimum atomic E-state index is -0.672. The van der Waals surface area contributed by atoms with Gasteiger partial charge in [-0.05, 0) is 6.07 Å². The number of nitrogen functional groups attached to an aromatic ring is 1. The van der Waals surface area contributed by atoms with Crippen LogP contribution in [0.25, 0.3) is 11.0 Å². The van der Waals surface area contributed by atoms with E-state index in [0.29, 0.717) is 12.1 Å². The fourth-order valence-corrected chi connectivity index (χ4v) is 2.25. The Kier molecular flexibility index (Phi) is 2.66. The lowest BCUT2D eigenvalue weighted by Crippen LogP contribution is -2.19. The molecular weight excluding hydrogens is 236 g/mol. The molecule has 2 aromatic heterocycles. The Labute approximate surface area is 103 Å². The van der Waals surface area contributed by atoms with Gasteiger partial charge >= 0.3 is 0 Å². The summed E-state index contributed by atoms with van der Waals surface area (Å²) < 4.78 is 7.29. The third-order valence-electron chi connectivity index (χ3n) is 3.12. The molecule has 96 valence electrons. The lowest BCUT2D eigenvalue weighted by Gasteiger charge is -2.17. The number of hydrogen-bond donors (Lipinski definition) is 3. The minimum Gasteiger partial charge on any atom is -0.394 e. The van der Waals surface area contributed by atoms with Gasteiger partial charge in [-0.2, -0.15) is 4.98 Å². The Morgan fingerprint density at radius 3 is 3.11 bits per heavy atom. The number of aromatic nitrogens is 3.